The Kier molecular flexibility index (Phi) is 9.03. The molecule has 0 aliphatic heterocycles. The predicted octanol–water partition coefficient (Wildman–Crippen LogP) is 6.37. The average Bonchev–Trinajstić information content (AvgIpc) is 3.24. The van der Waals surface area contributed by atoms with Gasteiger partial charge in [0.2, 0.25) is 0 Å². The smallest absolute Gasteiger partial charge is 0.464 e. The van der Waals surface area contributed by atoms with Crippen LogP contribution in [0.15, 0.2) is 53.1 Å². The maximum absolute atomic E-state index is 10.5. The average molecular weight is 428 g/mol. The van der Waals surface area contributed by atoms with Crippen LogP contribution in [0.3, 0.4) is 0 Å². The summed E-state index contributed by atoms with van der Waals surface area (Å²) in [6.07, 6.45) is 8.70. The summed E-state index contributed by atoms with van der Waals surface area (Å²) in [5.74, 6) is 0. The minimum absolute atomic E-state index is 0.266. The van der Waals surface area contributed by atoms with Crippen molar-refractivity contribution in [3.05, 3.63) is 59.9 Å². The second-order valence-electron chi connectivity index (χ2n) is 7.54. The van der Waals surface area contributed by atoms with Crippen molar-refractivity contribution >= 4 is 19.2 Å². The van der Waals surface area contributed by atoms with Gasteiger partial charge in [-0.1, -0.05) is 62.6 Å². The molecule has 30 heavy (non-hydrogen) atoms. The number of furan rings is 1. The van der Waals surface area contributed by atoms with Crippen LogP contribution in [0.4, 0.5) is 0 Å². The Hall–Kier alpha value is -2.04. The van der Waals surface area contributed by atoms with Gasteiger partial charge in [0.25, 0.3) is 0 Å². The summed E-state index contributed by atoms with van der Waals surface area (Å²) in [5, 5.41) is 4.45. The number of unbranched alkanes of at least 4 members (excludes halogenated alkanes) is 3. The van der Waals surface area contributed by atoms with Crippen molar-refractivity contribution in [1.29, 1.82) is 0 Å². The second-order valence-corrected chi connectivity index (χ2v) is 8.28. The Morgan fingerprint density at radius 1 is 1.03 bits per heavy atom. The van der Waals surface area contributed by atoms with Gasteiger partial charge in [0.15, 0.2) is 0 Å². The first-order chi connectivity index (χ1) is 14.7. The van der Waals surface area contributed by atoms with Crippen LogP contribution in [0, 0.1) is 0 Å². The molecule has 2 N–H and O–H groups in total. The van der Waals surface area contributed by atoms with Crippen LogP contribution in [-0.4, -0.2) is 18.0 Å². The van der Waals surface area contributed by atoms with Crippen molar-refractivity contribution in [2.75, 3.05) is 13.2 Å². The molecule has 0 bridgehead atoms. The van der Waals surface area contributed by atoms with E-state index in [4.69, 9.17) is 9.31 Å². The fourth-order valence-electron chi connectivity index (χ4n) is 3.68. The van der Waals surface area contributed by atoms with E-state index in [9.17, 15) is 4.57 Å². The predicted molar refractivity (Wildman–Crippen MR) is 122 cm³/mol. The zero-order valence-corrected chi connectivity index (χ0v) is 18.5. The number of hydrogen-bond acceptors (Lipinski definition) is 4. The minimum Gasteiger partial charge on any atom is -0.464 e. The monoisotopic (exact) mass is 428 g/mol. The van der Waals surface area contributed by atoms with Crippen LogP contribution in [0.5, 0.6) is 0 Å². The molecule has 0 saturated heterocycles. The number of hydrogen-bond donors (Lipinski definition) is 2. The topological polar surface area (TPSA) is 71.7 Å². The fourth-order valence-corrected chi connectivity index (χ4v) is 3.97. The largest absolute Gasteiger partial charge is 0.694 e. The highest BCUT2D eigenvalue weighted by atomic mass is 31.1. The number of nitrogens with one attached hydrogen (secondary N) is 1. The zero-order chi connectivity index (χ0) is 21.2. The van der Waals surface area contributed by atoms with Crippen LogP contribution in [0.25, 0.3) is 22.1 Å². The van der Waals surface area contributed by atoms with Gasteiger partial charge in [-0.2, -0.15) is 0 Å². The highest BCUT2D eigenvalue weighted by Gasteiger charge is 2.12. The van der Waals surface area contributed by atoms with Crippen LogP contribution in [-0.2, 0) is 22.1 Å². The molecule has 0 spiro atoms. The third kappa shape index (κ3) is 6.48. The fraction of sp³-hybridized carbons (Fsp3) is 0.417. The number of benzene rings is 2. The molecule has 0 fully saturated rings. The van der Waals surface area contributed by atoms with Crippen molar-refractivity contribution < 1.29 is 18.4 Å². The lowest BCUT2D eigenvalue weighted by molar-refractivity contribution is 0.276. The first kappa shape index (κ1) is 22.6. The van der Waals surface area contributed by atoms with Gasteiger partial charge < -0.3 is 9.73 Å². The standard InChI is InChI=1S/C24H30NO4P/c1-2-3-4-5-7-19-8-10-20(11-9-19)22-13-12-21(24-23(22)14-17-28-24)18-25-15-6-16-29-30(26)27/h8-14,17,25H,2-7,15-16,18H2,1H3/p+1. The molecule has 0 aliphatic carbocycles. The highest BCUT2D eigenvalue weighted by molar-refractivity contribution is 7.32. The van der Waals surface area contributed by atoms with Gasteiger partial charge in [-0.15, -0.1) is 9.42 Å². The third-order valence-electron chi connectivity index (χ3n) is 5.30. The number of rotatable bonds is 13. The van der Waals surface area contributed by atoms with Crippen LogP contribution in [0.2, 0.25) is 0 Å². The Labute approximate surface area is 179 Å². The molecule has 0 saturated carbocycles. The molecule has 1 aromatic heterocycles. The van der Waals surface area contributed by atoms with E-state index in [0.717, 1.165) is 23.0 Å². The van der Waals surface area contributed by atoms with E-state index < -0.39 is 8.25 Å². The van der Waals surface area contributed by atoms with Crippen molar-refractivity contribution in [2.24, 2.45) is 0 Å². The lowest BCUT2D eigenvalue weighted by Crippen LogP contribution is -2.16. The van der Waals surface area contributed by atoms with Gasteiger partial charge in [-0.3, -0.25) is 0 Å². The Bertz CT molecular complexity index is 936. The molecule has 6 heteroatoms. The summed E-state index contributed by atoms with van der Waals surface area (Å²) in [5.41, 5.74) is 5.78. The van der Waals surface area contributed by atoms with Gasteiger partial charge in [-0.05, 0) is 48.6 Å². The van der Waals surface area contributed by atoms with E-state index >= 15 is 0 Å². The molecule has 1 heterocycles. The van der Waals surface area contributed by atoms with Gasteiger partial charge in [0, 0.05) is 22.1 Å². The van der Waals surface area contributed by atoms with Crippen molar-refractivity contribution in [2.45, 2.75) is 52.0 Å². The van der Waals surface area contributed by atoms with Crippen molar-refractivity contribution in [1.82, 2.24) is 5.32 Å². The summed E-state index contributed by atoms with van der Waals surface area (Å²) >= 11 is 0. The molecular formula is C24H31NO4P+. The summed E-state index contributed by atoms with van der Waals surface area (Å²) in [4.78, 5) is 8.63. The van der Waals surface area contributed by atoms with Crippen LogP contribution in [0.1, 0.15) is 50.2 Å². The van der Waals surface area contributed by atoms with Crippen molar-refractivity contribution in [3.8, 4) is 11.1 Å². The second kappa shape index (κ2) is 12.0. The zero-order valence-electron chi connectivity index (χ0n) is 17.6. The van der Waals surface area contributed by atoms with E-state index in [0.29, 0.717) is 19.5 Å². The molecule has 0 radical (unpaired) electrons. The highest BCUT2D eigenvalue weighted by Crippen LogP contribution is 2.32. The lowest BCUT2D eigenvalue weighted by atomic mass is 9.97. The summed E-state index contributed by atoms with van der Waals surface area (Å²) in [7, 11) is -2.51. The molecule has 3 rings (SSSR count). The van der Waals surface area contributed by atoms with Crippen molar-refractivity contribution in [3.63, 3.8) is 0 Å². The molecule has 160 valence electrons. The normalized spacial score (nSPS) is 11.9. The van der Waals surface area contributed by atoms with E-state index in [1.807, 2.05) is 6.07 Å². The molecule has 0 aliphatic rings. The molecule has 2 aromatic carbocycles. The van der Waals surface area contributed by atoms with E-state index in [2.05, 4.69) is 53.2 Å². The SMILES string of the molecule is CCCCCCc1ccc(-c2ccc(CNCCCO[P+](=O)O)c3occc23)cc1. The molecule has 1 atom stereocenters. The quantitative estimate of drug-likeness (QED) is 0.245. The maximum Gasteiger partial charge on any atom is 0.694 e. The van der Waals surface area contributed by atoms with E-state index in [1.54, 1.807) is 6.26 Å². The first-order valence-corrected chi connectivity index (χ1v) is 11.9. The third-order valence-corrected chi connectivity index (χ3v) is 5.70. The molecule has 3 aromatic rings. The van der Waals surface area contributed by atoms with Gasteiger partial charge in [-0.25, -0.2) is 0 Å². The molecular weight excluding hydrogens is 397 g/mol. The van der Waals surface area contributed by atoms with Gasteiger partial charge >= 0.3 is 8.25 Å². The number of aryl methyl sites for hydroxylation is 1. The minimum atomic E-state index is -2.51. The Balaban J connectivity index is 1.62. The molecule has 0 amide bonds. The lowest BCUT2D eigenvalue weighted by Gasteiger charge is -2.09. The summed E-state index contributed by atoms with van der Waals surface area (Å²) in [6, 6.07) is 15.2. The van der Waals surface area contributed by atoms with Gasteiger partial charge in [0.1, 0.15) is 12.2 Å². The van der Waals surface area contributed by atoms with Crippen LogP contribution >= 0.6 is 8.25 Å². The molecule has 1 unspecified atom stereocenters. The van der Waals surface area contributed by atoms with Gasteiger partial charge in [0.05, 0.1) is 6.26 Å². The molecule has 5 nitrogen and oxygen atoms in total. The van der Waals surface area contributed by atoms with Crippen LogP contribution < -0.4 is 5.32 Å². The Morgan fingerprint density at radius 2 is 1.87 bits per heavy atom. The number of fused-ring (bicyclic) bond motifs is 1. The summed E-state index contributed by atoms with van der Waals surface area (Å²) < 4.78 is 20.9. The Morgan fingerprint density at radius 3 is 2.63 bits per heavy atom. The van der Waals surface area contributed by atoms with E-state index in [1.165, 1.54) is 42.4 Å². The maximum atomic E-state index is 10.5. The first-order valence-electron chi connectivity index (χ1n) is 10.8. The van der Waals surface area contributed by atoms with E-state index in [-0.39, 0.29) is 6.61 Å². The summed E-state index contributed by atoms with van der Waals surface area (Å²) in [6.45, 7) is 3.88.